The predicted molar refractivity (Wildman–Crippen MR) is 47.8 cm³/mol. The van der Waals surface area contributed by atoms with E-state index in [9.17, 15) is 4.39 Å². The van der Waals surface area contributed by atoms with E-state index in [0.717, 1.165) is 12.8 Å². The summed E-state index contributed by atoms with van der Waals surface area (Å²) in [5.41, 5.74) is 0. The quantitative estimate of drug-likeness (QED) is 0.589. The highest BCUT2D eigenvalue weighted by Gasteiger charge is 2.17. The molecule has 12 heavy (non-hydrogen) atoms. The fraction of sp³-hybridized carbons (Fsp3) is 0.600. The third-order valence-electron chi connectivity index (χ3n) is 1.83. The monoisotopic (exact) mass is 170 g/mol. The average molecular weight is 170 g/mol. The fourth-order valence-electron chi connectivity index (χ4n) is 1.07. The van der Waals surface area contributed by atoms with Gasteiger partial charge in [0.1, 0.15) is 12.3 Å². The molecule has 0 saturated carbocycles. The van der Waals surface area contributed by atoms with Gasteiger partial charge < -0.3 is 4.74 Å². The molecule has 0 radical (unpaired) electrons. The zero-order valence-corrected chi connectivity index (χ0v) is 7.37. The number of hydrogen-bond acceptors (Lipinski definition) is 1. The van der Waals surface area contributed by atoms with Gasteiger partial charge in [0.2, 0.25) is 0 Å². The summed E-state index contributed by atoms with van der Waals surface area (Å²) in [6.45, 7) is 2.74. The number of allylic oxidation sites excluding steroid dienone is 2. The van der Waals surface area contributed by atoms with Gasteiger partial charge in [-0.2, -0.15) is 0 Å². The molecule has 2 unspecified atom stereocenters. The highest BCUT2D eigenvalue weighted by atomic mass is 19.1. The van der Waals surface area contributed by atoms with Crippen LogP contribution in [0.4, 0.5) is 4.39 Å². The minimum atomic E-state index is -0.966. The summed E-state index contributed by atoms with van der Waals surface area (Å²) >= 11 is 0. The zero-order chi connectivity index (χ0) is 8.81. The zero-order valence-electron chi connectivity index (χ0n) is 7.37. The Morgan fingerprint density at radius 1 is 1.33 bits per heavy atom. The summed E-state index contributed by atoms with van der Waals surface area (Å²) in [4.78, 5) is 0. The highest BCUT2D eigenvalue weighted by Crippen LogP contribution is 2.12. The number of alkyl halides is 1. The Morgan fingerprint density at radius 2 is 2.08 bits per heavy atom. The molecular weight excluding hydrogens is 155 g/mol. The second-order valence-electron chi connectivity index (χ2n) is 2.90. The van der Waals surface area contributed by atoms with E-state index in [2.05, 4.69) is 6.92 Å². The summed E-state index contributed by atoms with van der Waals surface area (Å²) in [5.74, 6) is 0. The second kappa shape index (κ2) is 5.09. The standard InChI is InChI=1S/C10H15FO/c1-2-3-8-12-10-7-5-4-6-9(10)11/h4-7,9-10H,2-3,8H2,1H3. The van der Waals surface area contributed by atoms with E-state index in [-0.39, 0.29) is 6.10 Å². The maximum absolute atomic E-state index is 13.0. The van der Waals surface area contributed by atoms with Gasteiger partial charge in [0.25, 0.3) is 0 Å². The van der Waals surface area contributed by atoms with Crippen LogP contribution in [0, 0.1) is 0 Å². The number of hydrogen-bond donors (Lipinski definition) is 0. The van der Waals surface area contributed by atoms with Gasteiger partial charge in [0.15, 0.2) is 0 Å². The molecule has 0 spiro atoms. The molecule has 2 heteroatoms. The van der Waals surface area contributed by atoms with Gasteiger partial charge in [-0.25, -0.2) is 4.39 Å². The molecule has 0 fully saturated rings. The Balaban J connectivity index is 2.23. The van der Waals surface area contributed by atoms with Crippen molar-refractivity contribution in [1.82, 2.24) is 0 Å². The van der Waals surface area contributed by atoms with E-state index in [1.54, 1.807) is 12.2 Å². The normalized spacial score (nSPS) is 27.8. The number of unbranched alkanes of at least 4 members (excludes halogenated alkanes) is 1. The van der Waals surface area contributed by atoms with Crippen LogP contribution in [-0.4, -0.2) is 18.9 Å². The molecule has 1 aliphatic carbocycles. The Hall–Kier alpha value is -0.630. The first-order valence-corrected chi connectivity index (χ1v) is 4.45. The third kappa shape index (κ3) is 2.78. The van der Waals surface area contributed by atoms with Crippen LogP contribution in [0.2, 0.25) is 0 Å². The van der Waals surface area contributed by atoms with Gasteiger partial charge in [0.05, 0.1) is 0 Å². The number of ether oxygens (including phenoxy) is 1. The van der Waals surface area contributed by atoms with Crippen LogP contribution in [0.15, 0.2) is 24.3 Å². The molecule has 0 amide bonds. The van der Waals surface area contributed by atoms with E-state index >= 15 is 0 Å². The van der Waals surface area contributed by atoms with Crippen molar-refractivity contribution >= 4 is 0 Å². The molecule has 0 saturated heterocycles. The summed E-state index contributed by atoms with van der Waals surface area (Å²) in [7, 11) is 0. The van der Waals surface area contributed by atoms with E-state index in [1.807, 2.05) is 6.08 Å². The maximum Gasteiger partial charge on any atom is 0.148 e. The summed E-state index contributed by atoms with van der Waals surface area (Å²) in [6, 6.07) is 0. The van der Waals surface area contributed by atoms with Crippen molar-refractivity contribution in [2.24, 2.45) is 0 Å². The van der Waals surface area contributed by atoms with Gasteiger partial charge in [-0.05, 0) is 12.5 Å². The van der Waals surface area contributed by atoms with Crippen molar-refractivity contribution in [1.29, 1.82) is 0 Å². The fourth-order valence-corrected chi connectivity index (χ4v) is 1.07. The lowest BCUT2D eigenvalue weighted by molar-refractivity contribution is 0.0419. The molecule has 1 nitrogen and oxygen atoms in total. The SMILES string of the molecule is CCCCOC1C=CC=CC1F. The van der Waals surface area contributed by atoms with Crippen LogP contribution in [-0.2, 0) is 4.74 Å². The highest BCUT2D eigenvalue weighted by molar-refractivity contribution is 5.16. The van der Waals surface area contributed by atoms with Crippen LogP contribution in [0.5, 0.6) is 0 Å². The predicted octanol–water partition coefficient (Wildman–Crippen LogP) is 2.64. The van der Waals surface area contributed by atoms with Crippen molar-refractivity contribution in [3.63, 3.8) is 0 Å². The van der Waals surface area contributed by atoms with Crippen molar-refractivity contribution in [2.45, 2.75) is 32.0 Å². The van der Waals surface area contributed by atoms with Gasteiger partial charge >= 0.3 is 0 Å². The molecule has 1 rings (SSSR count). The van der Waals surface area contributed by atoms with Crippen LogP contribution in [0.25, 0.3) is 0 Å². The lowest BCUT2D eigenvalue weighted by atomic mass is 10.1. The minimum Gasteiger partial charge on any atom is -0.371 e. The van der Waals surface area contributed by atoms with Crippen molar-refractivity contribution < 1.29 is 9.13 Å². The minimum absolute atomic E-state index is 0.360. The van der Waals surface area contributed by atoms with Crippen LogP contribution >= 0.6 is 0 Å². The van der Waals surface area contributed by atoms with E-state index in [1.165, 1.54) is 6.08 Å². The Morgan fingerprint density at radius 3 is 2.75 bits per heavy atom. The third-order valence-corrected chi connectivity index (χ3v) is 1.83. The first-order chi connectivity index (χ1) is 5.84. The van der Waals surface area contributed by atoms with Gasteiger partial charge in [-0.15, -0.1) is 0 Å². The van der Waals surface area contributed by atoms with Gasteiger partial charge in [0, 0.05) is 6.61 Å². The molecule has 2 atom stereocenters. The van der Waals surface area contributed by atoms with Crippen molar-refractivity contribution in [3.05, 3.63) is 24.3 Å². The van der Waals surface area contributed by atoms with Crippen molar-refractivity contribution in [3.8, 4) is 0 Å². The molecular formula is C10H15FO. The molecule has 0 N–H and O–H groups in total. The average Bonchev–Trinajstić information content (AvgIpc) is 2.09. The van der Waals surface area contributed by atoms with Gasteiger partial charge in [-0.3, -0.25) is 0 Å². The number of halogens is 1. The van der Waals surface area contributed by atoms with Crippen LogP contribution in [0.3, 0.4) is 0 Å². The smallest absolute Gasteiger partial charge is 0.148 e. The largest absolute Gasteiger partial charge is 0.371 e. The van der Waals surface area contributed by atoms with Crippen molar-refractivity contribution in [2.75, 3.05) is 6.61 Å². The second-order valence-corrected chi connectivity index (χ2v) is 2.90. The maximum atomic E-state index is 13.0. The lowest BCUT2D eigenvalue weighted by Gasteiger charge is -2.17. The molecule has 0 aromatic rings. The lowest BCUT2D eigenvalue weighted by Crippen LogP contribution is -2.23. The van der Waals surface area contributed by atoms with Gasteiger partial charge in [-0.1, -0.05) is 31.6 Å². The Labute approximate surface area is 72.9 Å². The van der Waals surface area contributed by atoms with E-state index in [0.29, 0.717) is 6.61 Å². The number of rotatable bonds is 4. The first-order valence-electron chi connectivity index (χ1n) is 4.45. The first kappa shape index (κ1) is 9.46. The molecule has 0 heterocycles. The summed E-state index contributed by atoms with van der Waals surface area (Å²) < 4.78 is 18.3. The van der Waals surface area contributed by atoms with E-state index < -0.39 is 6.17 Å². The molecule has 0 aromatic carbocycles. The topological polar surface area (TPSA) is 9.23 Å². The van der Waals surface area contributed by atoms with Crippen LogP contribution < -0.4 is 0 Å². The van der Waals surface area contributed by atoms with Crippen LogP contribution in [0.1, 0.15) is 19.8 Å². The Bertz CT molecular complexity index is 175. The summed E-state index contributed by atoms with van der Waals surface area (Å²) in [6.07, 6.45) is 7.59. The molecule has 68 valence electrons. The molecule has 1 aliphatic rings. The molecule has 0 aromatic heterocycles. The summed E-state index contributed by atoms with van der Waals surface area (Å²) in [5, 5.41) is 0. The Kier molecular flexibility index (Phi) is 4.01. The molecule has 0 bridgehead atoms. The molecule has 0 aliphatic heterocycles. The van der Waals surface area contributed by atoms with E-state index in [4.69, 9.17) is 4.74 Å².